The molecule has 0 spiro atoms. The Hall–Kier alpha value is -2.75. The van der Waals surface area contributed by atoms with Crippen LogP contribution in [0.4, 0.5) is 11.4 Å². The highest BCUT2D eigenvalue weighted by atomic mass is 35.5. The first-order valence-corrected chi connectivity index (χ1v) is 14.2. The highest BCUT2D eigenvalue weighted by Crippen LogP contribution is 2.52. The largest absolute Gasteiger partial charge is 0.351 e. The normalized spacial score (nSPS) is 26.1. The molecule has 0 aromatic heterocycles. The van der Waals surface area contributed by atoms with E-state index in [1.54, 1.807) is 0 Å². The molecule has 2 aromatic carbocycles. The first kappa shape index (κ1) is 26.8. The molecule has 1 aliphatic carbocycles. The smallest absolute Gasteiger partial charge is 0.169 e. The van der Waals surface area contributed by atoms with Gasteiger partial charge in [-0.25, -0.2) is 0 Å². The number of ether oxygens (including phenoxy) is 1. The van der Waals surface area contributed by atoms with Crippen molar-refractivity contribution in [2.75, 3.05) is 30.5 Å². The molecule has 0 saturated carbocycles. The van der Waals surface area contributed by atoms with Crippen LogP contribution in [0.5, 0.6) is 0 Å². The summed E-state index contributed by atoms with van der Waals surface area (Å²) in [6.07, 6.45) is 12.0. The summed E-state index contributed by atoms with van der Waals surface area (Å²) in [6.45, 7) is 11.9. The summed E-state index contributed by atoms with van der Waals surface area (Å²) in [7, 11) is 4.30. The summed E-state index contributed by atoms with van der Waals surface area (Å²) < 4.78 is 6.58. The summed E-state index contributed by atoms with van der Waals surface area (Å²) in [5, 5.41) is 0.878. The number of hydrogen-bond acceptors (Lipinski definition) is 3. The fourth-order valence-corrected chi connectivity index (χ4v) is 7.17. The molecule has 0 N–H and O–H groups in total. The SMILES string of the molecule is CCOC1(C=CC2=C(Cl)C(=CC=C3N(C)c4ccccc4C3(C)C)CCC2)N(C)c2ccccc2C1(C)C. The summed E-state index contributed by atoms with van der Waals surface area (Å²) in [4.78, 5) is 4.60. The average molecular weight is 529 g/mol. The van der Waals surface area contributed by atoms with Crippen LogP contribution in [0.2, 0.25) is 0 Å². The van der Waals surface area contributed by atoms with Gasteiger partial charge in [0.15, 0.2) is 5.72 Å². The number of para-hydroxylation sites is 2. The fourth-order valence-electron chi connectivity index (χ4n) is 6.85. The lowest BCUT2D eigenvalue weighted by atomic mass is 9.77. The van der Waals surface area contributed by atoms with Gasteiger partial charge in [-0.1, -0.05) is 87.8 Å². The van der Waals surface area contributed by atoms with E-state index in [0.717, 1.165) is 24.3 Å². The lowest BCUT2D eigenvalue weighted by Gasteiger charge is -2.44. The Balaban J connectivity index is 1.49. The molecule has 0 bridgehead atoms. The Labute approximate surface area is 234 Å². The Morgan fingerprint density at radius 3 is 2.21 bits per heavy atom. The third-order valence-corrected chi connectivity index (χ3v) is 9.53. The number of halogens is 1. The number of benzene rings is 2. The molecule has 200 valence electrons. The van der Waals surface area contributed by atoms with Gasteiger partial charge in [0.1, 0.15) is 0 Å². The highest BCUT2D eigenvalue weighted by molar-refractivity contribution is 6.32. The monoisotopic (exact) mass is 528 g/mol. The van der Waals surface area contributed by atoms with Crippen molar-refractivity contribution in [2.45, 2.75) is 70.4 Å². The number of fused-ring (bicyclic) bond motifs is 2. The molecular weight excluding hydrogens is 488 g/mol. The summed E-state index contributed by atoms with van der Waals surface area (Å²) in [5.41, 5.74) is 8.01. The van der Waals surface area contributed by atoms with Gasteiger partial charge in [-0.05, 0) is 72.7 Å². The molecule has 0 amide bonds. The van der Waals surface area contributed by atoms with E-state index in [4.69, 9.17) is 16.3 Å². The van der Waals surface area contributed by atoms with Crippen molar-refractivity contribution in [2.24, 2.45) is 0 Å². The first-order valence-electron chi connectivity index (χ1n) is 13.9. The molecule has 2 heterocycles. The van der Waals surface area contributed by atoms with Crippen molar-refractivity contribution < 1.29 is 4.74 Å². The van der Waals surface area contributed by atoms with Crippen molar-refractivity contribution in [1.82, 2.24) is 0 Å². The van der Waals surface area contributed by atoms with E-state index >= 15 is 0 Å². The second kappa shape index (κ2) is 9.77. The van der Waals surface area contributed by atoms with Crippen LogP contribution in [0.15, 0.2) is 94.7 Å². The Morgan fingerprint density at radius 2 is 1.55 bits per heavy atom. The van der Waals surface area contributed by atoms with Crippen molar-refractivity contribution in [3.8, 4) is 0 Å². The highest BCUT2D eigenvalue weighted by Gasteiger charge is 2.55. The number of nitrogens with zero attached hydrogens (tertiary/aromatic N) is 2. The van der Waals surface area contributed by atoms with Gasteiger partial charge >= 0.3 is 0 Å². The molecule has 38 heavy (non-hydrogen) atoms. The van der Waals surface area contributed by atoms with E-state index in [1.807, 2.05) is 0 Å². The van der Waals surface area contributed by atoms with Crippen molar-refractivity contribution in [3.05, 3.63) is 106 Å². The minimum atomic E-state index is -0.582. The van der Waals surface area contributed by atoms with Crippen LogP contribution in [0.1, 0.15) is 65.0 Å². The molecule has 2 aliphatic heterocycles. The van der Waals surface area contributed by atoms with E-state index in [0.29, 0.717) is 6.61 Å². The molecule has 1 atom stereocenters. The van der Waals surface area contributed by atoms with Crippen LogP contribution in [-0.4, -0.2) is 26.4 Å². The van der Waals surface area contributed by atoms with Gasteiger partial charge in [0.25, 0.3) is 0 Å². The van der Waals surface area contributed by atoms with E-state index in [-0.39, 0.29) is 10.8 Å². The van der Waals surface area contributed by atoms with Gasteiger partial charge in [0.2, 0.25) is 0 Å². The van der Waals surface area contributed by atoms with Gasteiger partial charge in [-0.3, -0.25) is 0 Å². The average Bonchev–Trinajstić information content (AvgIpc) is 3.20. The second-order valence-electron chi connectivity index (χ2n) is 11.8. The predicted octanol–water partition coefficient (Wildman–Crippen LogP) is 8.62. The van der Waals surface area contributed by atoms with Crippen LogP contribution in [-0.2, 0) is 15.6 Å². The van der Waals surface area contributed by atoms with Gasteiger partial charge < -0.3 is 14.5 Å². The van der Waals surface area contributed by atoms with Crippen molar-refractivity contribution in [1.29, 1.82) is 0 Å². The van der Waals surface area contributed by atoms with Gasteiger partial charge in [-0.15, -0.1) is 0 Å². The maximum Gasteiger partial charge on any atom is 0.169 e. The first-order chi connectivity index (χ1) is 18.1. The number of hydrogen-bond donors (Lipinski definition) is 0. The Bertz CT molecular complexity index is 1360. The zero-order valence-corrected chi connectivity index (χ0v) is 24.7. The molecule has 3 nitrogen and oxygen atoms in total. The van der Waals surface area contributed by atoms with Crippen LogP contribution in [0.3, 0.4) is 0 Å². The van der Waals surface area contributed by atoms with E-state index < -0.39 is 5.72 Å². The molecule has 2 aromatic rings. The summed E-state index contributed by atoms with van der Waals surface area (Å²) in [6, 6.07) is 17.3. The third-order valence-electron chi connectivity index (χ3n) is 9.05. The lowest BCUT2D eigenvalue weighted by Crippen LogP contribution is -2.55. The predicted molar refractivity (Wildman–Crippen MR) is 162 cm³/mol. The van der Waals surface area contributed by atoms with E-state index in [2.05, 4.69) is 131 Å². The topological polar surface area (TPSA) is 15.7 Å². The zero-order valence-electron chi connectivity index (χ0n) is 23.9. The van der Waals surface area contributed by atoms with Gasteiger partial charge in [0.05, 0.1) is 0 Å². The maximum absolute atomic E-state index is 7.10. The lowest BCUT2D eigenvalue weighted by molar-refractivity contribution is -0.0404. The van der Waals surface area contributed by atoms with Crippen LogP contribution in [0, 0.1) is 0 Å². The molecule has 3 aliphatic rings. The van der Waals surface area contributed by atoms with E-state index in [1.165, 1.54) is 39.3 Å². The number of likely N-dealkylation sites (N-methyl/N-ethyl adjacent to an activating group) is 2. The molecule has 0 fully saturated rings. The van der Waals surface area contributed by atoms with Crippen molar-refractivity contribution in [3.63, 3.8) is 0 Å². The van der Waals surface area contributed by atoms with Crippen molar-refractivity contribution >= 4 is 23.0 Å². The maximum atomic E-state index is 7.10. The minimum absolute atomic E-state index is 0.0481. The van der Waals surface area contributed by atoms with Gasteiger partial charge in [-0.2, -0.15) is 0 Å². The Morgan fingerprint density at radius 1 is 0.895 bits per heavy atom. The quantitative estimate of drug-likeness (QED) is 0.386. The second-order valence-corrected chi connectivity index (χ2v) is 12.2. The van der Waals surface area contributed by atoms with Crippen LogP contribution >= 0.6 is 11.6 Å². The van der Waals surface area contributed by atoms with Crippen LogP contribution < -0.4 is 9.80 Å². The Kier molecular flexibility index (Phi) is 6.90. The summed E-state index contributed by atoms with van der Waals surface area (Å²) in [5.74, 6) is 0. The minimum Gasteiger partial charge on any atom is -0.351 e. The zero-order chi connectivity index (χ0) is 27.3. The molecule has 0 saturated heterocycles. The molecular formula is C34H41ClN2O. The molecule has 4 heteroatoms. The van der Waals surface area contributed by atoms with Gasteiger partial charge in [0, 0.05) is 53.6 Å². The van der Waals surface area contributed by atoms with E-state index in [9.17, 15) is 0 Å². The fraction of sp³-hybridized carbons (Fsp3) is 0.412. The number of rotatable bonds is 5. The third kappa shape index (κ3) is 3.98. The molecule has 5 rings (SSSR count). The molecule has 1 unspecified atom stereocenters. The standard InChI is InChI=1S/C34H41ClN2O/c1-8-38-34(33(4,5)27-17-10-12-19-29(27)37(34)7)23-22-25-15-13-14-24(31(25)35)20-21-30-32(2,3)26-16-9-11-18-28(26)36(30)6/h9-12,16-23H,8,13-15H2,1-7H3. The number of anilines is 2. The molecule has 0 radical (unpaired) electrons. The number of allylic oxidation sites excluding steroid dienone is 7. The van der Waals surface area contributed by atoms with Crippen LogP contribution in [0.25, 0.3) is 0 Å². The summed E-state index contributed by atoms with van der Waals surface area (Å²) >= 11 is 7.10.